The van der Waals surface area contributed by atoms with Crippen LogP contribution in [0.25, 0.3) is 0 Å². The first-order chi connectivity index (χ1) is 6.48. The molecule has 0 N–H and O–H groups in total. The highest BCUT2D eigenvalue weighted by atomic mass is 79.9. The molecular formula is C10H12Br2O2. The summed E-state index contributed by atoms with van der Waals surface area (Å²) in [5.41, 5.74) is 0. The molecule has 4 heteroatoms. The highest BCUT2D eigenvalue weighted by Crippen LogP contribution is 2.45. The first-order valence-electron chi connectivity index (χ1n) is 4.69. The van der Waals surface area contributed by atoms with E-state index in [0.29, 0.717) is 0 Å². The molecule has 14 heavy (non-hydrogen) atoms. The molecule has 2 aliphatic rings. The van der Waals surface area contributed by atoms with E-state index >= 15 is 0 Å². The zero-order valence-corrected chi connectivity index (χ0v) is 11.2. The number of ketones is 1. The number of Topliss-reactive ketones (excluding diaryl/α,β-unsaturated/α-hetero) is 1. The van der Waals surface area contributed by atoms with Crippen LogP contribution < -0.4 is 0 Å². The van der Waals surface area contributed by atoms with Crippen LogP contribution in [0.15, 0.2) is 12.2 Å². The van der Waals surface area contributed by atoms with Crippen molar-refractivity contribution >= 4 is 37.6 Å². The Morgan fingerprint density at radius 1 is 1.50 bits per heavy atom. The van der Waals surface area contributed by atoms with Crippen LogP contribution >= 0.6 is 31.9 Å². The smallest absolute Gasteiger partial charge is 0.169 e. The van der Waals surface area contributed by atoms with Gasteiger partial charge in [0.1, 0.15) is 9.15 Å². The SMILES string of the molecule is CC(C)C1(Br)C(=O)C(Br)C2C=CC1O2. The minimum atomic E-state index is -0.565. The van der Waals surface area contributed by atoms with Gasteiger partial charge in [-0.15, -0.1) is 0 Å². The van der Waals surface area contributed by atoms with Crippen LogP contribution in [0.4, 0.5) is 0 Å². The van der Waals surface area contributed by atoms with Crippen LogP contribution in [0.1, 0.15) is 13.8 Å². The van der Waals surface area contributed by atoms with Gasteiger partial charge in [-0.3, -0.25) is 4.79 Å². The highest BCUT2D eigenvalue weighted by Gasteiger charge is 2.56. The maximum atomic E-state index is 12.1. The predicted octanol–water partition coefficient (Wildman–Crippen LogP) is 2.45. The summed E-state index contributed by atoms with van der Waals surface area (Å²) in [5, 5.41) is 0. The molecule has 0 spiro atoms. The fourth-order valence-corrected chi connectivity index (χ4v) is 3.48. The molecule has 0 saturated carbocycles. The number of hydrogen-bond donors (Lipinski definition) is 0. The predicted molar refractivity (Wildman–Crippen MR) is 62.0 cm³/mol. The molecule has 1 saturated heterocycles. The normalized spacial score (nSPS) is 46.4. The minimum Gasteiger partial charge on any atom is -0.363 e. The molecule has 0 aromatic rings. The van der Waals surface area contributed by atoms with Gasteiger partial charge in [-0.2, -0.15) is 0 Å². The summed E-state index contributed by atoms with van der Waals surface area (Å²) in [4.78, 5) is 11.9. The van der Waals surface area contributed by atoms with Crippen LogP contribution in [0.5, 0.6) is 0 Å². The third kappa shape index (κ3) is 1.27. The van der Waals surface area contributed by atoms with Gasteiger partial charge in [0.2, 0.25) is 0 Å². The fraction of sp³-hybridized carbons (Fsp3) is 0.700. The molecule has 0 amide bonds. The second-order valence-electron chi connectivity index (χ2n) is 4.09. The molecule has 0 aromatic heterocycles. The summed E-state index contributed by atoms with van der Waals surface area (Å²) >= 11 is 6.96. The molecule has 0 radical (unpaired) electrons. The Labute approximate surface area is 100 Å². The quantitative estimate of drug-likeness (QED) is 0.547. The molecule has 2 heterocycles. The Morgan fingerprint density at radius 3 is 2.71 bits per heavy atom. The molecule has 0 aromatic carbocycles. The van der Waals surface area contributed by atoms with Gasteiger partial charge in [0.05, 0.1) is 12.2 Å². The van der Waals surface area contributed by atoms with Crippen LogP contribution in [-0.4, -0.2) is 27.1 Å². The van der Waals surface area contributed by atoms with Crippen molar-refractivity contribution in [3.05, 3.63) is 12.2 Å². The molecule has 2 aliphatic heterocycles. The van der Waals surface area contributed by atoms with Gasteiger partial charge in [0.15, 0.2) is 5.78 Å². The van der Waals surface area contributed by atoms with Gasteiger partial charge < -0.3 is 4.74 Å². The number of fused-ring (bicyclic) bond motifs is 2. The fourth-order valence-electron chi connectivity index (χ4n) is 1.99. The van der Waals surface area contributed by atoms with Crippen molar-refractivity contribution in [2.75, 3.05) is 0 Å². The topological polar surface area (TPSA) is 26.3 Å². The first kappa shape index (κ1) is 10.8. The van der Waals surface area contributed by atoms with Gasteiger partial charge in [0, 0.05) is 0 Å². The molecule has 1 fully saturated rings. The van der Waals surface area contributed by atoms with E-state index in [0.717, 1.165) is 0 Å². The van der Waals surface area contributed by atoms with Crippen molar-refractivity contribution in [2.45, 2.75) is 35.2 Å². The monoisotopic (exact) mass is 322 g/mol. The van der Waals surface area contributed by atoms with Crippen molar-refractivity contribution in [3.63, 3.8) is 0 Å². The summed E-state index contributed by atoms with van der Waals surface area (Å²) in [5.74, 6) is 0.405. The maximum Gasteiger partial charge on any atom is 0.169 e. The third-order valence-electron chi connectivity index (χ3n) is 2.95. The summed E-state index contributed by atoms with van der Waals surface area (Å²) in [6.45, 7) is 4.06. The lowest BCUT2D eigenvalue weighted by Gasteiger charge is -2.41. The van der Waals surface area contributed by atoms with E-state index in [4.69, 9.17) is 4.74 Å². The number of hydrogen-bond acceptors (Lipinski definition) is 2. The van der Waals surface area contributed by atoms with Crippen molar-refractivity contribution in [1.29, 1.82) is 0 Å². The molecular weight excluding hydrogens is 312 g/mol. The number of carbonyl (C=O) groups excluding carboxylic acids is 1. The largest absolute Gasteiger partial charge is 0.363 e. The van der Waals surface area contributed by atoms with E-state index in [1.54, 1.807) is 0 Å². The molecule has 2 bridgehead atoms. The summed E-state index contributed by atoms with van der Waals surface area (Å²) < 4.78 is 5.17. The molecule has 2 rings (SSSR count). The number of carbonyl (C=O) groups is 1. The Hall–Kier alpha value is 0.330. The van der Waals surface area contributed by atoms with Gasteiger partial charge in [-0.1, -0.05) is 57.9 Å². The van der Waals surface area contributed by atoms with E-state index in [1.807, 2.05) is 26.0 Å². The van der Waals surface area contributed by atoms with E-state index in [9.17, 15) is 4.79 Å². The molecule has 0 aliphatic carbocycles. The zero-order valence-electron chi connectivity index (χ0n) is 8.04. The molecule has 78 valence electrons. The zero-order chi connectivity index (χ0) is 10.5. The molecule has 4 unspecified atom stereocenters. The van der Waals surface area contributed by atoms with E-state index in [-0.39, 0.29) is 28.7 Å². The maximum absolute atomic E-state index is 12.1. The number of halogens is 2. The van der Waals surface area contributed by atoms with Gasteiger partial charge in [-0.25, -0.2) is 0 Å². The van der Waals surface area contributed by atoms with Gasteiger partial charge >= 0.3 is 0 Å². The number of ether oxygens (including phenoxy) is 1. The summed E-state index contributed by atoms with van der Waals surface area (Å²) in [6, 6.07) is 0. The number of rotatable bonds is 1. The van der Waals surface area contributed by atoms with Crippen molar-refractivity contribution < 1.29 is 9.53 Å². The van der Waals surface area contributed by atoms with Crippen LogP contribution in [0.2, 0.25) is 0 Å². The van der Waals surface area contributed by atoms with Gasteiger partial charge in [0.25, 0.3) is 0 Å². The highest BCUT2D eigenvalue weighted by molar-refractivity contribution is 9.11. The van der Waals surface area contributed by atoms with Crippen molar-refractivity contribution in [1.82, 2.24) is 0 Å². The Kier molecular flexibility index (Phi) is 2.65. The summed E-state index contributed by atoms with van der Waals surface area (Å²) in [6.07, 6.45) is 3.75. The molecule has 4 atom stereocenters. The standard InChI is InChI=1S/C10H12Br2O2/c1-5(2)10(12)7-4-3-6(14-7)8(11)9(10)13/h3-8H,1-2H3. The van der Waals surface area contributed by atoms with E-state index in [2.05, 4.69) is 31.9 Å². The lowest BCUT2D eigenvalue weighted by molar-refractivity contribution is -0.133. The van der Waals surface area contributed by atoms with E-state index in [1.165, 1.54) is 0 Å². The number of alkyl halides is 2. The van der Waals surface area contributed by atoms with Crippen molar-refractivity contribution in [3.8, 4) is 0 Å². The Balaban J connectivity index is 2.41. The van der Waals surface area contributed by atoms with Crippen LogP contribution in [-0.2, 0) is 9.53 Å². The minimum absolute atomic E-state index is 0.0862. The van der Waals surface area contributed by atoms with Crippen LogP contribution in [0, 0.1) is 5.92 Å². The lowest BCUT2D eigenvalue weighted by atomic mass is 9.84. The third-order valence-corrected chi connectivity index (χ3v) is 5.64. The van der Waals surface area contributed by atoms with Gasteiger partial charge in [-0.05, 0) is 5.92 Å². The van der Waals surface area contributed by atoms with E-state index < -0.39 is 4.32 Å². The lowest BCUT2D eigenvalue weighted by Crippen LogP contribution is -2.57. The van der Waals surface area contributed by atoms with Crippen LogP contribution in [0.3, 0.4) is 0 Å². The average Bonchev–Trinajstić information content (AvgIpc) is 2.59. The van der Waals surface area contributed by atoms with Crippen molar-refractivity contribution in [2.24, 2.45) is 5.92 Å². The second-order valence-corrected chi connectivity index (χ2v) is 6.39. The Morgan fingerprint density at radius 2 is 2.14 bits per heavy atom. The molecule has 2 nitrogen and oxygen atoms in total. The first-order valence-corrected chi connectivity index (χ1v) is 6.40. The second kappa shape index (κ2) is 3.42. The summed E-state index contributed by atoms with van der Waals surface area (Å²) in [7, 11) is 0. The Bertz CT molecular complexity index is 300. The average molecular weight is 324 g/mol.